The van der Waals surface area contributed by atoms with Gasteiger partial charge in [0.25, 0.3) is 0 Å². The van der Waals surface area contributed by atoms with E-state index in [-0.39, 0.29) is 0 Å². The van der Waals surface area contributed by atoms with Crippen LogP contribution in [-0.2, 0) is 11.3 Å². The maximum atomic E-state index is 5.40. The normalized spacial score (nSPS) is 16.6. The molecule has 0 radical (unpaired) electrons. The molecule has 1 N–H and O–H groups in total. The summed E-state index contributed by atoms with van der Waals surface area (Å²) in [4.78, 5) is 0. The molecular weight excluding hydrogens is 232 g/mol. The van der Waals surface area contributed by atoms with E-state index in [1.165, 1.54) is 0 Å². The molecule has 0 unspecified atom stereocenters. The van der Waals surface area contributed by atoms with Gasteiger partial charge in [-0.3, -0.25) is 5.43 Å². The predicted molar refractivity (Wildman–Crippen MR) is 68.8 cm³/mol. The van der Waals surface area contributed by atoms with Crippen LogP contribution in [0.3, 0.4) is 0 Å². The summed E-state index contributed by atoms with van der Waals surface area (Å²) in [6.45, 7) is 4.10. The highest BCUT2D eigenvalue weighted by Gasteiger charge is 2.12. The summed E-state index contributed by atoms with van der Waals surface area (Å²) in [5.74, 6) is 1.56. The number of nitrogens with one attached hydrogen (secondary N) is 1. The maximum absolute atomic E-state index is 5.40. The fourth-order valence-corrected chi connectivity index (χ4v) is 2.01. The molecule has 18 heavy (non-hydrogen) atoms. The first kappa shape index (κ1) is 13.1. The molecule has 1 heterocycles. The Morgan fingerprint density at radius 2 is 2.00 bits per heavy atom. The number of hydrogen-bond acceptors (Lipinski definition) is 5. The van der Waals surface area contributed by atoms with E-state index in [1.807, 2.05) is 18.2 Å². The van der Waals surface area contributed by atoms with Crippen LogP contribution in [0.4, 0.5) is 0 Å². The van der Waals surface area contributed by atoms with Crippen molar-refractivity contribution >= 4 is 0 Å². The van der Waals surface area contributed by atoms with Gasteiger partial charge in [0.05, 0.1) is 27.4 Å². The van der Waals surface area contributed by atoms with Crippen LogP contribution >= 0.6 is 0 Å². The van der Waals surface area contributed by atoms with Gasteiger partial charge in [-0.1, -0.05) is 12.1 Å². The van der Waals surface area contributed by atoms with Gasteiger partial charge in [-0.05, 0) is 6.07 Å². The number of ether oxygens (including phenoxy) is 3. The van der Waals surface area contributed by atoms with Gasteiger partial charge in [0, 0.05) is 25.2 Å². The first-order chi connectivity index (χ1) is 8.85. The zero-order chi connectivity index (χ0) is 12.8. The molecule has 1 aliphatic rings. The van der Waals surface area contributed by atoms with Crippen molar-refractivity contribution in [2.24, 2.45) is 0 Å². The second kappa shape index (κ2) is 6.58. The second-order valence-corrected chi connectivity index (χ2v) is 4.09. The summed E-state index contributed by atoms with van der Waals surface area (Å²) in [7, 11) is 3.31. The summed E-state index contributed by atoms with van der Waals surface area (Å²) < 4.78 is 16.0. The standard InChI is InChI=1S/C13H20N2O3/c1-16-12-5-3-4-11(13(12)17-2)10-14-15-6-8-18-9-7-15/h3-5,14H,6-10H2,1-2H3. The molecule has 0 aromatic heterocycles. The first-order valence-electron chi connectivity index (χ1n) is 6.11. The van der Waals surface area contributed by atoms with Gasteiger partial charge < -0.3 is 14.2 Å². The lowest BCUT2D eigenvalue weighted by Gasteiger charge is -2.27. The van der Waals surface area contributed by atoms with E-state index in [4.69, 9.17) is 14.2 Å². The highest BCUT2D eigenvalue weighted by Crippen LogP contribution is 2.30. The second-order valence-electron chi connectivity index (χ2n) is 4.09. The molecule has 1 aromatic rings. The predicted octanol–water partition coefficient (Wildman–Crippen LogP) is 1.04. The SMILES string of the molecule is COc1cccc(CNN2CCOCC2)c1OC. The number of para-hydroxylation sites is 1. The minimum atomic E-state index is 0.723. The quantitative estimate of drug-likeness (QED) is 0.848. The molecule has 0 amide bonds. The Balaban J connectivity index is 1.99. The van der Waals surface area contributed by atoms with E-state index in [1.54, 1.807) is 14.2 Å². The Bertz CT molecular complexity index is 378. The highest BCUT2D eigenvalue weighted by molar-refractivity contribution is 5.46. The molecule has 1 saturated heterocycles. The van der Waals surface area contributed by atoms with E-state index in [0.29, 0.717) is 0 Å². The zero-order valence-corrected chi connectivity index (χ0v) is 10.9. The van der Waals surface area contributed by atoms with Crippen LogP contribution in [-0.4, -0.2) is 45.5 Å². The van der Waals surface area contributed by atoms with Crippen LogP contribution in [0.15, 0.2) is 18.2 Å². The Morgan fingerprint density at radius 3 is 2.67 bits per heavy atom. The molecule has 0 aliphatic carbocycles. The summed E-state index contributed by atoms with van der Waals surface area (Å²) in [6.07, 6.45) is 0. The fraction of sp³-hybridized carbons (Fsp3) is 0.538. The monoisotopic (exact) mass is 252 g/mol. The van der Waals surface area contributed by atoms with Crippen LogP contribution < -0.4 is 14.9 Å². The minimum absolute atomic E-state index is 0.723. The Hall–Kier alpha value is -1.30. The largest absolute Gasteiger partial charge is 0.493 e. The Kier molecular flexibility index (Phi) is 4.81. The first-order valence-corrected chi connectivity index (χ1v) is 6.11. The van der Waals surface area contributed by atoms with Gasteiger partial charge in [-0.25, -0.2) is 5.01 Å². The minimum Gasteiger partial charge on any atom is -0.493 e. The number of morpholine rings is 1. The third-order valence-corrected chi connectivity index (χ3v) is 2.99. The van der Waals surface area contributed by atoms with E-state index >= 15 is 0 Å². The van der Waals surface area contributed by atoms with Crippen molar-refractivity contribution in [1.82, 2.24) is 10.4 Å². The molecule has 0 spiro atoms. The molecule has 2 rings (SSSR count). The van der Waals surface area contributed by atoms with E-state index in [9.17, 15) is 0 Å². The Morgan fingerprint density at radius 1 is 1.22 bits per heavy atom. The summed E-state index contributed by atoms with van der Waals surface area (Å²) >= 11 is 0. The van der Waals surface area contributed by atoms with E-state index < -0.39 is 0 Å². The van der Waals surface area contributed by atoms with Crippen LogP contribution in [0.1, 0.15) is 5.56 Å². The van der Waals surface area contributed by atoms with Crippen LogP contribution in [0.25, 0.3) is 0 Å². The lowest BCUT2D eigenvalue weighted by Crippen LogP contribution is -2.45. The number of methoxy groups -OCH3 is 2. The number of rotatable bonds is 5. The average Bonchev–Trinajstić information content (AvgIpc) is 2.45. The number of nitrogens with zero attached hydrogens (tertiary/aromatic N) is 1. The zero-order valence-electron chi connectivity index (χ0n) is 10.9. The van der Waals surface area contributed by atoms with Gasteiger partial charge >= 0.3 is 0 Å². The molecule has 5 nitrogen and oxygen atoms in total. The van der Waals surface area contributed by atoms with Crippen LogP contribution in [0.5, 0.6) is 11.5 Å². The van der Waals surface area contributed by atoms with Crippen molar-refractivity contribution in [3.63, 3.8) is 0 Å². The van der Waals surface area contributed by atoms with Gasteiger partial charge in [0.2, 0.25) is 0 Å². The lowest BCUT2D eigenvalue weighted by molar-refractivity contribution is 0.0104. The topological polar surface area (TPSA) is 43.0 Å². The van der Waals surface area contributed by atoms with Crippen molar-refractivity contribution in [2.45, 2.75) is 6.54 Å². The number of benzene rings is 1. The van der Waals surface area contributed by atoms with Gasteiger partial charge in [-0.15, -0.1) is 0 Å². The van der Waals surface area contributed by atoms with Crippen molar-refractivity contribution < 1.29 is 14.2 Å². The molecule has 1 aromatic carbocycles. The third-order valence-electron chi connectivity index (χ3n) is 2.99. The molecule has 0 bridgehead atoms. The number of hydrazine groups is 1. The number of hydrogen-bond donors (Lipinski definition) is 1. The smallest absolute Gasteiger partial charge is 0.165 e. The maximum Gasteiger partial charge on any atom is 0.165 e. The molecule has 5 heteroatoms. The molecule has 1 fully saturated rings. The Labute approximate surface area is 108 Å². The summed E-state index contributed by atoms with van der Waals surface area (Å²) in [5, 5.41) is 2.17. The van der Waals surface area contributed by atoms with E-state index in [2.05, 4.69) is 10.4 Å². The van der Waals surface area contributed by atoms with Gasteiger partial charge in [-0.2, -0.15) is 0 Å². The van der Waals surface area contributed by atoms with Crippen molar-refractivity contribution in [3.05, 3.63) is 23.8 Å². The van der Waals surface area contributed by atoms with Gasteiger partial charge in [0.15, 0.2) is 11.5 Å². The molecule has 0 saturated carbocycles. The molecule has 0 atom stereocenters. The van der Waals surface area contributed by atoms with Crippen LogP contribution in [0.2, 0.25) is 0 Å². The van der Waals surface area contributed by atoms with Crippen molar-refractivity contribution in [2.75, 3.05) is 40.5 Å². The van der Waals surface area contributed by atoms with Gasteiger partial charge in [0.1, 0.15) is 0 Å². The van der Waals surface area contributed by atoms with Crippen molar-refractivity contribution in [1.29, 1.82) is 0 Å². The fourth-order valence-electron chi connectivity index (χ4n) is 2.01. The lowest BCUT2D eigenvalue weighted by atomic mass is 10.2. The average molecular weight is 252 g/mol. The molecular formula is C13H20N2O3. The third kappa shape index (κ3) is 3.13. The van der Waals surface area contributed by atoms with Crippen molar-refractivity contribution in [3.8, 4) is 11.5 Å². The molecule has 1 aliphatic heterocycles. The highest BCUT2D eigenvalue weighted by atomic mass is 16.5. The van der Waals surface area contributed by atoms with Crippen LogP contribution in [0, 0.1) is 0 Å². The summed E-state index contributed by atoms with van der Waals surface area (Å²) in [5.41, 5.74) is 4.47. The van der Waals surface area contributed by atoms with E-state index in [0.717, 1.165) is 49.9 Å². The molecule has 100 valence electrons. The summed E-state index contributed by atoms with van der Waals surface area (Å²) in [6, 6.07) is 5.91.